The summed E-state index contributed by atoms with van der Waals surface area (Å²) in [6.45, 7) is 9.94. The first-order valence-corrected chi connectivity index (χ1v) is 12.5. The van der Waals surface area contributed by atoms with Gasteiger partial charge in [0.1, 0.15) is 22.8 Å². The molecule has 4 N–H and O–H groups in total. The second-order valence-corrected chi connectivity index (χ2v) is 10.6. The lowest BCUT2D eigenvalue weighted by Crippen LogP contribution is -2.28. The lowest BCUT2D eigenvalue weighted by Gasteiger charge is -2.31. The van der Waals surface area contributed by atoms with Gasteiger partial charge in [-0.15, -0.1) is 0 Å². The Morgan fingerprint density at radius 2 is 1.70 bits per heavy atom. The van der Waals surface area contributed by atoms with E-state index >= 15 is 0 Å². The lowest BCUT2D eigenvalue weighted by molar-refractivity contribution is 0.102. The van der Waals surface area contributed by atoms with Crippen molar-refractivity contribution in [3.05, 3.63) is 75.4 Å². The zero-order valence-electron chi connectivity index (χ0n) is 22.0. The fourth-order valence-electron chi connectivity index (χ4n) is 4.78. The fourth-order valence-corrected chi connectivity index (χ4v) is 4.78. The molecule has 2 aromatic carbocycles. The summed E-state index contributed by atoms with van der Waals surface area (Å²) < 4.78 is 6.05. The van der Waals surface area contributed by atoms with E-state index in [0.717, 1.165) is 24.5 Å². The third-order valence-electron chi connectivity index (χ3n) is 6.80. The Kier molecular flexibility index (Phi) is 6.96. The number of allylic oxidation sites excluding steroid dienone is 6. The van der Waals surface area contributed by atoms with Crippen LogP contribution in [0.2, 0.25) is 0 Å². The number of hydrogen-bond donors (Lipinski definition) is 4. The van der Waals surface area contributed by atoms with Crippen LogP contribution < -0.4 is 4.74 Å². The van der Waals surface area contributed by atoms with Gasteiger partial charge in [-0.25, -0.2) is 0 Å². The zero-order valence-corrected chi connectivity index (χ0v) is 22.0. The molecule has 0 saturated carbocycles. The Labute approximate surface area is 217 Å². The molecule has 2 aliphatic rings. The Morgan fingerprint density at radius 3 is 2.41 bits per heavy atom. The molecule has 1 aliphatic carbocycles. The summed E-state index contributed by atoms with van der Waals surface area (Å²) in [4.78, 5) is 13.9. The average Bonchev–Trinajstić information content (AvgIpc) is 2.79. The van der Waals surface area contributed by atoms with Gasteiger partial charge in [0.15, 0.2) is 17.3 Å². The normalized spacial score (nSPS) is 16.2. The van der Waals surface area contributed by atoms with Crippen molar-refractivity contribution >= 4 is 17.4 Å². The highest BCUT2D eigenvalue weighted by Gasteiger charge is 2.34. The lowest BCUT2D eigenvalue weighted by atomic mass is 9.78. The molecule has 0 radical (unpaired) electrons. The molecule has 0 aromatic heterocycles. The minimum absolute atomic E-state index is 0.122. The van der Waals surface area contributed by atoms with E-state index < -0.39 is 17.1 Å². The number of ketones is 1. The van der Waals surface area contributed by atoms with Gasteiger partial charge in [-0.05, 0) is 95.7 Å². The van der Waals surface area contributed by atoms with Crippen LogP contribution in [-0.4, -0.2) is 31.8 Å². The van der Waals surface area contributed by atoms with Crippen molar-refractivity contribution in [1.29, 1.82) is 0 Å². The molecule has 194 valence electrons. The van der Waals surface area contributed by atoms with Crippen LogP contribution in [0.3, 0.4) is 0 Å². The molecule has 0 spiro atoms. The number of carbonyl (C=O) groups excluding carboxylic acids is 1. The van der Waals surface area contributed by atoms with Crippen molar-refractivity contribution in [3.63, 3.8) is 0 Å². The number of hydrogen-bond acceptors (Lipinski definition) is 6. The van der Waals surface area contributed by atoms with Crippen LogP contribution in [0, 0.1) is 0 Å². The van der Waals surface area contributed by atoms with Crippen LogP contribution in [-0.2, 0) is 6.42 Å². The topological polar surface area (TPSA) is 107 Å². The maximum atomic E-state index is 13.9. The molecule has 2 aromatic rings. The predicted molar refractivity (Wildman–Crippen MR) is 145 cm³/mol. The van der Waals surface area contributed by atoms with Crippen molar-refractivity contribution < 1.29 is 30.0 Å². The van der Waals surface area contributed by atoms with E-state index in [1.54, 1.807) is 12.1 Å². The summed E-state index contributed by atoms with van der Waals surface area (Å²) in [7, 11) is 0. The molecule has 0 bridgehead atoms. The maximum absolute atomic E-state index is 13.9. The summed E-state index contributed by atoms with van der Waals surface area (Å²) in [5.41, 5.74) is 4.28. The van der Waals surface area contributed by atoms with Crippen molar-refractivity contribution in [2.75, 3.05) is 0 Å². The van der Waals surface area contributed by atoms with Crippen LogP contribution in [0.1, 0.15) is 80.9 Å². The minimum atomic E-state index is -0.564. The van der Waals surface area contributed by atoms with E-state index in [2.05, 4.69) is 19.9 Å². The van der Waals surface area contributed by atoms with Gasteiger partial charge in [-0.1, -0.05) is 23.3 Å². The van der Waals surface area contributed by atoms with Gasteiger partial charge < -0.3 is 25.2 Å². The number of aromatic hydroxyl groups is 4. The summed E-state index contributed by atoms with van der Waals surface area (Å²) in [5.74, 6) is -1.07. The molecule has 6 heteroatoms. The van der Waals surface area contributed by atoms with Gasteiger partial charge in [0.05, 0.1) is 11.1 Å². The molecule has 6 nitrogen and oxygen atoms in total. The minimum Gasteiger partial charge on any atom is -0.507 e. The molecule has 37 heavy (non-hydrogen) atoms. The first-order chi connectivity index (χ1) is 17.4. The van der Waals surface area contributed by atoms with Crippen LogP contribution in [0.4, 0.5) is 0 Å². The standard InChI is InChI=1S/C31H34O6/c1-17(2)7-6-8-18(3)9-10-20-22(23-15-25(33)26(34)16-24(23)32)13-19-14-27-21(11-12-31(4,5)37-27)30(36)28(19)29(20)35/h7,9,11-12,14-16,32-34,36H,6,8,10,13H2,1-5H3/b18-9+. The Bertz CT molecular complexity index is 1400. The first-order valence-electron chi connectivity index (χ1n) is 12.5. The molecule has 0 fully saturated rings. The van der Waals surface area contributed by atoms with E-state index in [1.807, 2.05) is 32.9 Å². The maximum Gasteiger partial charge on any atom is 0.193 e. The van der Waals surface area contributed by atoms with Gasteiger partial charge in [0.25, 0.3) is 0 Å². The van der Waals surface area contributed by atoms with Crippen molar-refractivity contribution in [1.82, 2.24) is 0 Å². The second-order valence-electron chi connectivity index (χ2n) is 10.6. The monoisotopic (exact) mass is 502 g/mol. The fraction of sp³-hybridized carbons (Fsp3) is 0.323. The molecule has 1 heterocycles. The average molecular weight is 503 g/mol. The number of rotatable bonds is 6. The van der Waals surface area contributed by atoms with Crippen LogP contribution >= 0.6 is 0 Å². The Balaban J connectivity index is 1.83. The van der Waals surface area contributed by atoms with Crippen LogP contribution in [0.25, 0.3) is 11.6 Å². The summed E-state index contributed by atoms with van der Waals surface area (Å²) in [6, 6.07) is 4.10. The highest BCUT2D eigenvalue weighted by molar-refractivity contribution is 6.18. The van der Waals surface area contributed by atoms with E-state index in [-0.39, 0.29) is 34.8 Å². The summed E-state index contributed by atoms with van der Waals surface area (Å²) >= 11 is 0. The summed E-state index contributed by atoms with van der Waals surface area (Å²) in [5, 5.41) is 41.8. The zero-order chi connectivity index (χ0) is 27.1. The number of benzene rings is 2. The second kappa shape index (κ2) is 9.85. The SMILES string of the molecule is CC(C)=CCC/C(C)=C/CC1=C(c2cc(O)c(O)cc2O)Cc2cc3c(c(O)c2C1=O)C=CC(C)(C)O3. The van der Waals surface area contributed by atoms with Gasteiger partial charge >= 0.3 is 0 Å². The molecule has 4 rings (SSSR count). The molecule has 0 unspecified atom stereocenters. The van der Waals surface area contributed by atoms with Crippen molar-refractivity contribution in [2.45, 2.75) is 65.9 Å². The first kappa shape index (κ1) is 26.1. The molecular weight excluding hydrogens is 468 g/mol. The Hall–Kier alpha value is -3.93. The third-order valence-corrected chi connectivity index (χ3v) is 6.80. The van der Waals surface area contributed by atoms with Crippen LogP contribution in [0.15, 0.2) is 53.1 Å². The number of Topliss-reactive ketones (excluding diaryl/α,β-unsaturated/α-hetero) is 1. The third kappa shape index (κ3) is 5.29. The quantitative estimate of drug-likeness (QED) is 0.193. The predicted octanol–water partition coefficient (Wildman–Crippen LogP) is 6.97. The van der Waals surface area contributed by atoms with E-state index in [4.69, 9.17) is 4.74 Å². The summed E-state index contributed by atoms with van der Waals surface area (Å²) in [6.07, 6.45) is 10.0. The van der Waals surface area contributed by atoms with Gasteiger partial charge in [0.2, 0.25) is 0 Å². The van der Waals surface area contributed by atoms with Crippen LogP contribution in [0.5, 0.6) is 28.7 Å². The number of phenolic OH excluding ortho intramolecular Hbond substituents is 4. The number of carbonyl (C=O) groups is 1. The Morgan fingerprint density at radius 1 is 1.00 bits per heavy atom. The smallest absolute Gasteiger partial charge is 0.193 e. The van der Waals surface area contributed by atoms with E-state index in [1.165, 1.54) is 11.6 Å². The van der Waals surface area contributed by atoms with E-state index in [0.29, 0.717) is 34.4 Å². The molecule has 0 saturated heterocycles. The highest BCUT2D eigenvalue weighted by Crippen LogP contribution is 2.47. The number of fused-ring (bicyclic) bond motifs is 2. The molecular formula is C31H34O6. The van der Waals surface area contributed by atoms with Gasteiger partial charge in [-0.2, -0.15) is 0 Å². The molecule has 0 atom stereocenters. The van der Waals surface area contributed by atoms with E-state index in [9.17, 15) is 25.2 Å². The van der Waals surface area contributed by atoms with Gasteiger partial charge in [-0.3, -0.25) is 4.79 Å². The molecule has 1 aliphatic heterocycles. The number of ether oxygens (including phenoxy) is 1. The molecule has 0 amide bonds. The van der Waals surface area contributed by atoms with Crippen molar-refractivity contribution in [2.24, 2.45) is 0 Å². The van der Waals surface area contributed by atoms with Crippen molar-refractivity contribution in [3.8, 4) is 28.7 Å². The van der Waals surface area contributed by atoms with Gasteiger partial charge in [0, 0.05) is 17.2 Å². The highest BCUT2D eigenvalue weighted by atomic mass is 16.5. The largest absolute Gasteiger partial charge is 0.507 e. The number of phenols is 4.